The lowest BCUT2D eigenvalue weighted by molar-refractivity contribution is -0.133. The van der Waals surface area contributed by atoms with Crippen LogP contribution in [0.1, 0.15) is 13.8 Å². The minimum atomic E-state index is -3.35. The molecule has 0 spiro atoms. The third kappa shape index (κ3) is 10.4. The van der Waals surface area contributed by atoms with Crippen LogP contribution in [0.5, 0.6) is 0 Å². The number of carbonyl (C=O) groups excluding carboxylic acids is 1. The second-order valence-electron chi connectivity index (χ2n) is 4.24. The summed E-state index contributed by atoms with van der Waals surface area (Å²) >= 11 is 1.17. The normalized spacial score (nSPS) is 11.5. The van der Waals surface area contributed by atoms with Gasteiger partial charge in [-0.15, -0.1) is 11.8 Å². The summed E-state index contributed by atoms with van der Waals surface area (Å²) in [5.74, 6) is -1.54. The fourth-order valence-electron chi connectivity index (χ4n) is 1.24. The Morgan fingerprint density at radius 2 is 1.94 bits per heavy atom. The number of rotatable bonds is 9. The Morgan fingerprint density at radius 3 is 2.44 bits per heavy atom. The van der Waals surface area contributed by atoms with Crippen LogP contribution in [0.25, 0.3) is 0 Å². The van der Waals surface area contributed by atoms with Crippen LogP contribution in [0.3, 0.4) is 0 Å². The Balaban J connectivity index is 3.81. The number of hydrogen-bond donors (Lipinski definition) is 2. The molecule has 0 aliphatic rings. The van der Waals surface area contributed by atoms with Crippen molar-refractivity contribution in [2.45, 2.75) is 13.8 Å². The molecule has 0 aromatic heterocycles. The molecule has 0 aromatic carbocycles. The maximum Gasteiger partial charge on any atom is 0.313 e. The highest BCUT2D eigenvalue weighted by atomic mass is 32.2. The van der Waals surface area contributed by atoms with Gasteiger partial charge in [0.05, 0.1) is 11.5 Å². The van der Waals surface area contributed by atoms with Crippen molar-refractivity contribution in [3.63, 3.8) is 0 Å². The molecule has 0 radical (unpaired) electrons. The number of carbonyl (C=O) groups is 2. The summed E-state index contributed by atoms with van der Waals surface area (Å²) in [6, 6.07) is 0. The van der Waals surface area contributed by atoms with Gasteiger partial charge >= 0.3 is 5.97 Å². The average Bonchev–Trinajstić information content (AvgIpc) is 2.13. The molecule has 2 N–H and O–H groups in total. The average molecular weight is 297 g/mol. The Hall–Kier alpha value is -0.760. The number of aliphatic carboxylic acids is 1. The van der Waals surface area contributed by atoms with Crippen molar-refractivity contribution in [1.29, 1.82) is 0 Å². The maximum atomic E-state index is 11.5. The van der Waals surface area contributed by atoms with Gasteiger partial charge in [-0.2, -0.15) is 0 Å². The standard InChI is InChI=1S/C10H19NO5S2/c1-8(2)6-18(15,16)7-9(12)11-3-4-17-5-10(13)14/h8H,3-7H2,1-2H3,(H,11,12)(H,13,14). The van der Waals surface area contributed by atoms with Crippen molar-refractivity contribution >= 4 is 33.5 Å². The van der Waals surface area contributed by atoms with Crippen molar-refractivity contribution in [2.24, 2.45) is 5.92 Å². The van der Waals surface area contributed by atoms with Crippen molar-refractivity contribution in [1.82, 2.24) is 5.32 Å². The van der Waals surface area contributed by atoms with Gasteiger partial charge in [-0.1, -0.05) is 13.8 Å². The fraction of sp³-hybridized carbons (Fsp3) is 0.800. The van der Waals surface area contributed by atoms with E-state index in [4.69, 9.17) is 5.11 Å². The van der Waals surface area contributed by atoms with Gasteiger partial charge in [0, 0.05) is 12.3 Å². The minimum Gasteiger partial charge on any atom is -0.481 e. The zero-order valence-electron chi connectivity index (χ0n) is 10.5. The van der Waals surface area contributed by atoms with E-state index in [9.17, 15) is 18.0 Å². The van der Waals surface area contributed by atoms with Gasteiger partial charge in [0.2, 0.25) is 5.91 Å². The molecule has 1 amide bonds. The number of sulfone groups is 1. The van der Waals surface area contributed by atoms with Crippen LogP contribution in [-0.4, -0.2) is 55.0 Å². The van der Waals surface area contributed by atoms with E-state index in [2.05, 4.69) is 5.32 Å². The minimum absolute atomic E-state index is 0.00563. The molecule has 0 bridgehead atoms. The molecule has 106 valence electrons. The Labute approximate surface area is 111 Å². The van der Waals surface area contributed by atoms with E-state index in [-0.39, 0.29) is 24.0 Å². The summed E-state index contributed by atoms with van der Waals surface area (Å²) in [4.78, 5) is 21.5. The Morgan fingerprint density at radius 1 is 1.33 bits per heavy atom. The van der Waals surface area contributed by atoms with E-state index in [1.165, 1.54) is 11.8 Å². The SMILES string of the molecule is CC(C)CS(=O)(=O)CC(=O)NCCSCC(=O)O. The second kappa shape index (κ2) is 8.36. The molecule has 6 nitrogen and oxygen atoms in total. The molecule has 18 heavy (non-hydrogen) atoms. The first-order valence-electron chi connectivity index (χ1n) is 5.49. The van der Waals surface area contributed by atoms with Gasteiger partial charge in [-0.05, 0) is 5.92 Å². The molecular weight excluding hydrogens is 278 g/mol. The molecule has 0 aromatic rings. The van der Waals surface area contributed by atoms with Gasteiger partial charge in [-0.3, -0.25) is 9.59 Å². The molecule has 0 atom stereocenters. The lowest BCUT2D eigenvalue weighted by atomic mass is 10.3. The highest BCUT2D eigenvalue weighted by Crippen LogP contribution is 2.01. The predicted molar refractivity (Wildman–Crippen MR) is 71.5 cm³/mol. The zero-order valence-corrected chi connectivity index (χ0v) is 12.1. The predicted octanol–water partition coefficient (Wildman–Crippen LogP) is -0.00880. The first kappa shape index (κ1) is 17.2. The van der Waals surface area contributed by atoms with Crippen molar-refractivity contribution in [3.05, 3.63) is 0 Å². The molecule has 0 aliphatic heterocycles. The number of carboxylic acids is 1. The lowest BCUT2D eigenvalue weighted by Gasteiger charge is -2.07. The highest BCUT2D eigenvalue weighted by Gasteiger charge is 2.17. The largest absolute Gasteiger partial charge is 0.481 e. The highest BCUT2D eigenvalue weighted by molar-refractivity contribution is 7.99. The van der Waals surface area contributed by atoms with Crippen LogP contribution in [0.2, 0.25) is 0 Å². The van der Waals surface area contributed by atoms with Gasteiger partial charge in [0.15, 0.2) is 9.84 Å². The first-order valence-corrected chi connectivity index (χ1v) is 8.47. The van der Waals surface area contributed by atoms with E-state index < -0.39 is 27.5 Å². The van der Waals surface area contributed by atoms with Gasteiger partial charge < -0.3 is 10.4 Å². The van der Waals surface area contributed by atoms with Crippen LogP contribution in [0, 0.1) is 5.92 Å². The van der Waals surface area contributed by atoms with Crippen molar-refractivity contribution in [3.8, 4) is 0 Å². The Bertz CT molecular complexity index is 378. The van der Waals surface area contributed by atoms with Crippen molar-refractivity contribution in [2.75, 3.05) is 29.6 Å². The van der Waals surface area contributed by atoms with E-state index in [1.54, 1.807) is 13.8 Å². The molecule has 8 heteroatoms. The number of thioether (sulfide) groups is 1. The number of amides is 1. The third-order valence-corrected chi connectivity index (χ3v) is 4.55. The molecule has 0 rings (SSSR count). The third-order valence-electron chi connectivity index (χ3n) is 1.73. The van der Waals surface area contributed by atoms with Crippen LogP contribution in [0.4, 0.5) is 0 Å². The van der Waals surface area contributed by atoms with Gasteiger partial charge in [0.25, 0.3) is 0 Å². The summed E-state index contributed by atoms with van der Waals surface area (Å²) in [5, 5.41) is 10.8. The monoisotopic (exact) mass is 297 g/mol. The van der Waals surface area contributed by atoms with Crippen LogP contribution in [-0.2, 0) is 19.4 Å². The molecular formula is C10H19NO5S2. The Kier molecular flexibility index (Phi) is 8.01. The van der Waals surface area contributed by atoms with Crippen LogP contribution < -0.4 is 5.32 Å². The van der Waals surface area contributed by atoms with E-state index in [0.29, 0.717) is 5.75 Å². The first-order chi connectivity index (χ1) is 8.23. The summed E-state index contributed by atoms with van der Waals surface area (Å²) in [7, 11) is -3.35. The summed E-state index contributed by atoms with van der Waals surface area (Å²) in [5.41, 5.74) is 0. The summed E-state index contributed by atoms with van der Waals surface area (Å²) in [6.07, 6.45) is 0. The lowest BCUT2D eigenvalue weighted by Crippen LogP contribution is -2.33. The molecule has 0 unspecified atom stereocenters. The maximum absolute atomic E-state index is 11.5. The molecule has 0 fully saturated rings. The zero-order chi connectivity index (χ0) is 14.2. The van der Waals surface area contributed by atoms with E-state index in [1.807, 2.05) is 0 Å². The quantitative estimate of drug-likeness (QED) is 0.581. The molecule has 0 saturated carbocycles. The fourth-order valence-corrected chi connectivity index (χ4v) is 3.44. The topological polar surface area (TPSA) is 101 Å². The van der Waals surface area contributed by atoms with Gasteiger partial charge in [0.1, 0.15) is 5.75 Å². The number of nitrogens with one attached hydrogen (secondary N) is 1. The number of carboxylic acid groups (broad SMARTS) is 1. The van der Waals surface area contributed by atoms with Crippen molar-refractivity contribution < 1.29 is 23.1 Å². The number of hydrogen-bond acceptors (Lipinski definition) is 5. The van der Waals surface area contributed by atoms with E-state index >= 15 is 0 Å². The van der Waals surface area contributed by atoms with E-state index in [0.717, 1.165) is 0 Å². The summed E-state index contributed by atoms with van der Waals surface area (Å²) < 4.78 is 23.0. The molecule has 0 aliphatic carbocycles. The van der Waals surface area contributed by atoms with Crippen LogP contribution >= 0.6 is 11.8 Å². The second-order valence-corrected chi connectivity index (χ2v) is 7.46. The smallest absolute Gasteiger partial charge is 0.313 e. The molecule has 0 heterocycles. The van der Waals surface area contributed by atoms with Gasteiger partial charge in [-0.25, -0.2) is 8.42 Å². The van der Waals surface area contributed by atoms with Crippen LogP contribution in [0.15, 0.2) is 0 Å². The summed E-state index contributed by atoms with van der Waals surface area (Å²) in [6.45, 7) is 3.82. The molecule has 0 saturated heterocycles.